The van der Waals surface area contributed by atoms with Crippen LogP contribution in [0.1, 0.15) is 13.8 Å². The second kappa shape index (κ2) is 4.95. The largest absolute Gasteiger partial charge is 0.383 e. The van der Waals surface area contributed by atoms with E-state index in [2.05, 4.69) is 24.3 Å². The van der Waals surface area contributed by atoms with E-state index >= 15 is 0 Å². The van der Waals surface area contributed by atoms with Crippen LogP contribution in [0.4, 0.5) is 11.4 Å². The Kier molecular flexibility index (Phi) is 3.38. The molecule has 0 heterocycles. The van der Waals surface area contributed by atoms with Crippen LogP contribution >= 0.6 is 0 Å². The van der Waals surface area contributed by atoms with Crippen LogP contribution in [0.25, 0.3) is 10.8 Å². The zero-order chi connectivity index (χ0) is 12.3. The fourth-order valence-electron chi connectivity index (χ4n) is 1.81. The van der Waals surface area contributed by atoms with E-state index in [1.807, 2.05) is 36.4 Å². The highest BCUT2D eigenvalue weighted by molar-refractivity contribution is 5.98. The summed E-state index contributed by atoms with van der Waals surface area (Å²) >= 11 is 0. The first-order chi connectivity index (χ1) is 8.22. The lowest BCUT2D eigenvalue weighted by molar-refractivity contribution is 0.689. The summed E-state index contributed by atoms with van der Waals surface area (Å²) in [6.07, 6.45) is 0. The monoisotopic (exact) mass is 228 g/mol. The maximum absolute atomic E-state index is 11.0. The van der Waals surface area contributed by atoms with Gasteiger partial charge in [-0.15, -0.1) is 4.91 Å². The summed E-state index contributed by atoms with van der Waals surface area (Å²) in [5.41, 5.74) is 1.32. The Hall–Kier alpha value is -1.90. The Balaban J connectivity index is 2.45. The van der Waals surface area contributed by atoms with Gasteiger partial charge in [0.25, 0.3) is 0 Å². The summed E-state index contributed by atoms with van der Waals surface area (Å²) < 4.78 is 0. The molecule has 0 aliphatic heterocycles. The predicted octanol–water partition coefficient (Wildman–Crippen LogP) is 4.31. The lowest BCUT2D eigenvalue weighted by Gasteiger charge is -2.11. The Morgan fingerprint density at radius 2 is 1.94 bits per heavy atom. The molecule has 0 saturated carbocycles. The molecule has 0 aliphatic rings. The average Bonchev–Trinajstić information content (AvgIpc) is 2.35. The van der Waals surface area contributed by atoms with E-state index in [9.17, 15) is 4.91 Å². The Morgan fingerprint density at radius 1 is 1.18 bits per heavy atom. The molecule has 0 saturated heterocycles. The van der Waals surface area contributed by atoms with Crippen molar-refractivity contribution in [3.05, 3.63) is 41.3 Å². The third-order valence-electron chi connectivity index (χ3n) is 2.69. The molecule has 0 radical (unpaired) electrons. The minimum atomic E-state index is 0.503. The second-order valence-corrected chi connectivity index (χ2v) is 4.55. The van der Waals surface area contributed by atoms with Gasteiger partial charge < -0.3 is 5.32 Å². The van der Waals surface area contributed by atoms with Crippen molar-refractivity contribution in [2.24, 2.45) is 11.1 Å². The number of benzene rings is 2. The molecule has 0 aliphatic carbocycles. The molecule has 88 valence electrons. The fraction of sp³-hybridized carbons (Fsp3) is 0.286. The van der Waals surface area contributed by atoms with Crippen LogP contribution in [0.3, 0.4) is 0 Å². The normalized spacial score (nSPS) is 10.8. The molecule has 3 heteroatoms. The minimum absolute atomic E-state index is 0.503. The molecule has 0 unspecified atom stereocenters. The molecule has 0 atom stereocenters. The standard InChI is InChI=1S/C14H16N2O/c1-10(2)9-15-13-8-7-11-5-3-4-6-12(11)14(13)16-17/h3-8,10,15H,9H2,1-2H3. The first-order valence-electron chi connectivity index (χ1n) is 5.81. The predicted molar refractivity (Wildman–Crippen MR) is 72.7 cm³/mol. The molecule has 0 fully saturated rings. The van der Waals surface area contributed by atoms with Gasteiger partial charge in [0, 0.05) is 11.9 Å². The summed E-state index contributed by atoms with van der Waals surface area (Å²) in [5, 5.41) is 8.36. The van der Waals surface area contributed by atoms with Crippen molar-refractivity contribution in [3.8, 4) is 0 Å². The quantitative estimate of drug-likeness (QED) is 0.792. The van der Waals surface area contributed by atoms with Gasteiger partial charge in [0.15, 0.2) is 0 Å². The van der Waals surface area contributed by atoms with Crippen LogP contribution in [0.5, 0.6) is 0 Å². The Morgan fingerprint density at radius 3 is 2.65 bits per heavy atom. The van der Waals surface area contributed by atoms with E-state index in [4.69, 9.17) is 0 Å². The summed E-state index contributed by atoms with van der Waals surface area (Å²) in [5.74, 6) is 0.529. The lowest BCUT2D eigenvalue weighted by atomic mass is 10.1. The number of nitrogens with zero attached hydrogens (tertiary/aromatic N) is 1. The molecule has 2 aromatic rings. The highest BCUT2D eigenvalue weighted by Gasteiger charge is 2.07. The molecular formula is C14H16N2O. The van der Waals surface area contributed by atoms with E-state index in [0.29, 0.717) is 11.6 Å². The lowest BCUT2D eigenvalue weighted by Crippen LogP contribution is -2.07. The number of nitroso groups, excluding NO2 is 1. The van der Waals surface area contributed by atoms with E-state index in [-0.39, 0.29) is 0 Å². The number of rotatable bonds is 4. The van der Waals surface area contributed by atoms with Crippen molar-refractivity contribution in [2.75, 3.05) is 11.9 Å². The van der Waals surface area contributed by atoms with Gasteiger partial charge in [-0.25, -0.2) is 0 Å². The minimum Gasteiger partial charge on any atom is -0.383 e. The molecular weight excluding hydrogens is 212 g/mol. The highest BCUT2D eigenvalue weighted by Crippen LogP contribution is 2.33. The smallest absolute Gasteiger partial charge is 0.138 e. The number of hydrogen-bond donors (Lipinski definition) is 1. The molecule has 2 rings (SSSR count). The molecule has 0 aromatic heterocycles. The first-order valence-corrected chi connectivity index (χ1v) is 5.81. The zero-order valence-corrected chi connectivity index (χ0v) is 10.1. The highest BCUT2D eigenvalue weighted by atomic mass is 16.3. The van der Waals surface area contributed by atoms with Crippen molar-refractivity contribution < 1.29 is 0 Å². The van der Waals surface area contributed by atoms with Crippen LogP contribution in [0.15, 0.2) is 41.6 Å². The number of fused-ring (bicyclic) bond motifs is 1. The molecule has 1 N–H and O–H groups in total. The van der Waals surface area contributed by atoms with Gasteiger partial charge in [-0.1, -0.05) is 44.2 Å². The Labute approximate surface area is 101 Å². The van der Waals surface area contributed by atoms with E-state index < -0.39 is 0 Å². The summed E-state index contributed by atoms with van der Waals surface area (Å²) in [7, 11) is 0. The van der Waals surface area contributed by atoms with Crippen LogP contribution in [0, 0.1) is 10.8 Å². The van der Waals surface area contributed by atoms with Gasteiger partial charge >= 0.3 is 0 Å². The van der Waals surface area contributed by atoms with Gasteiger partial charge in [-0.05, 0) is 22.5 Å². The number of hydrogen-bond acceptors (Lipinski definition) is 3. The van der Waals surface area contributed by atoms with Crippen LogP contribution in [-0.2, 0) is 0 Å². The summed E-state index contributed by atoms with van der Waals surface area (Å²) in [4.78, 5) is 11.0. The summed E-state index contributed by atoms with van der Waals surface area (Å²) in [6, 6.07) is 11.7. The van der Waals surface area contributed by atoms with Gasteiger partial charge in [-0.2, -0.15) is 0 Å². The number of anilines is 1. The Bertz CT molecular complexity index is 535. The van der Waals surface area contributed by atoms with E-state index in [1.165, 1.54) is 0 Å². The van der Waals surface area contributed by atoms with Crippen molar-refractivity contribution in [1.82, 2.24) is 0 Å². The third-order valence-corrected chi connectivity index (χ3v) is 2.69. The third kappa shape index (κ3) is 2.44. The summed E-state index contributed by atoms with van der Waals surface area (Å²) in [6.45, 7) is 5.09. The van der Waals surface area contributed by atoms with E-state index in [0.717, 1.165) is 23.0 Å². The first kappa shape index (κ1) is 11.6. The van der Waals surface area contributed by atoms with Gasteiger partial charge in [0.05, 0.1) is 5.69 Å². The second-order valence-electron chi connectivity index (χ2n) is 4.55. The fourth-order valence-corrected chi connectivity index (χ4v) is 1.81. The van der Waals surface area contributed by atoms with Crippen LogP contribution in [0.2, 0.25) is 0 Å². The van der Waals surface area contributed by atoms with Crippen LogP contribution < -0.4 is 5.32 Å². The van der Waals surface area contributed by atoms with Crippen molar-refractivity contribution >= 4 is 22.1 Å². The average molecular weight is 228 g/mol. The van der Waals surface area contributed by atoms with Crippen molar-refractivity contribution in [2.45, 2.75) is 13.8 Å². The van der Waals surface area contributed by atoms with Crippen molar-refractivity contribution in [1.29, 1.82) is 0 Å². The van der Waals surface area contributed by atoms with Crippen LogP contribution in [-0.4, -0.2) is 6.54 Å². The molecule has 17 heavy (non-hydrogen) atoms. The van der Waals surface area contributed by atoms with Gasteiger partial charge in [-0.3, -0.25) is 0 Å². The molecule has 3 nitrogen and oxygen atoms in total. The SMILES string of the molecule is CC(C)CNc1ccc2ccccc2c1N=O. The molecule has 0 bridgehead atoms. The van der Waals surface area contributed by atoms with Crippen molar-refractivity contribution in [3.63, 3.8) is 0 Å². The maximum Gasteiger partial charge on any atom is 0.138 e. The van der Waals surface area contributed by atoms with Gasteiger partial charge in [0.2, 0.25) is 0 Å². The topological polar surface area (TPSA) is 41.5 Å². The van der Waals surface area contributed by atoms with E-state index in [1.54, 1.807) is 0 Å². The zero-order valence-electron chi connectivity index (χ0n) is 10.1. The maximum atomic E-state index is 11.0. The number of nitrogens with one attached hydrogen (secondary N) is 1. The molecule has 2 aromatic carbocycles. The molecule has 0 spiro atoms. The van der Waals surface area contributed by atoms with Gasteiger partial charge in [0.1, 0.15) is 5.69 Å². The molecule has 0 amide bonds.